The first-order valence-electron chi connectivity index (χ1n) is 14.2. The van der Waals surface area contributed by atoms with Crippen LogP contribution in [0.15, 0.2) is 48.5 Å². The third-order valence-electron chi connectivity index (χ3n) is 7.21. The Labute approximate surface area is 304 Å². The van der Waals surface area contributed by atoms with Gasteiger partial charge in [0.05, 0.1) is 17.7 Å². The summed E-state index contributed by atoms with van der Waals surface area (Å²) in [6.07, 6.45) is -5.81. The van der Waals surface area contributed by atoms with Gasteiger partial charge < -0.3 is 59.1 Å². The van der Waals surface area contributed by atoms with Gasteiger partial charge >= 0.3 is 41.5 Å². The van der Waals surface area contributed by atoms with Gasteiger partial charge in [0.15, 0.2) is 24.3 Å². The number of aliphatic hydroxyl groups excluding tert-OH is 3. The molecule has 0 amide bonds. The predicted molar refractivity (Wildman–Crippen MR) is 168 cm³/mol. The number of ether oxygens (including phenoxy) is 6. The molecule has 2 heterocycles. The summed E-state index contributed by atoms with van der Waals surface area (Å²) in [6.45, 7) is 6.14. The van der Waals surface area contributed by atoms with Crippen LogP contribution >= 0.6 is 0 Å². The van der Waals surface area contributed by atoms with Gasteiger partial charge in [0.25, 0.3) is 0 Å². The van der Waals surface area contributed by atoms with Crippen LogP contribution in [0, 0.1) is 13.8 Å². The van der Waals surface area contributed by atoms with Crippen LogP contribution in [-0.4, -0.2) is 127 Å². The first-order valence-corrected chi connectivity index (χ1v) is 14.2. The van der Waals surface area contributed by atoms with Crippen LogP contribution in [0.3, 0.4) is 0 Å². The van der Waals surface area contributed by atoms with Gasteiger partial charge in [-0.1, -0.05) is 42.8 Å². The zero-order valence-electron chi connectivity index (χ0n) is 28.4. The molecule has 2 aromatic carbocycles. The Hall–Kier alpha value is -2.02. The molecule has 2 fully saturated rings. The summed E-state index contributed by atoms with van der Waals surface area (Å²) in [5.74, 6) is -1.15. The van der Waals surface area contributed by atoms with Crippen molar-refractivity contribution >= 4 is 11.9 Å². The van der Waals surface area contributed by atoms with Crippen LogP contribution in [0.1, 0.15) is 53.1 Å². The van der Waals surface area contributed by atoms with E-state index in [1.54, 1.807) is 48.5 Å². The second-order valence-corrected chi connectivity index (χ2v) is 10.7. The summed E-state index contributed by atoms with van der Waals surface area (Å²) in [4.78, 5) is 24.9. The summed E-state index contributed by atoms with van der Waals surface area (Å²) in [5, 5.41) is 53.9. The Morgan fingerprint density at radius 1 is 0.792 bits per heavy atom. The molecule has 4 rings (SSSR count). The topological polar surface area (TPSA) is 214 Å². The number of aryl methyl sites for hydroxylation is 2. The molecule has 2 aliphatic rings. The van der Waals surface area contributed by atoms with E-state index in [0.29, 0.717) is 11.1 Å². The van der Waals surface area contributed by atoms with Crippen molar-refractivity contribution in [1.29, 1.82) is 0 Å². The van der Waals surface area contributed by atoms with Crippen molar-refractivity contribution in [2.24, 2.45) is 0 Å². The summed E-state index contributed by atoms with van der Waals surface area (Å²) in [6, 6.07) is 13.8. The zero-order valence-corrected chi connectivity index (χ0v) is 30.4. The van der Waals surface area contributed by atoms with E-state index in [1.165, 1.54) is 28.1 Å². The number of hydrogen-bond donors (Lipinski definition) is 5. The van der Waals surface area contributed by atoms with Gasteiger partial charge in [0, 0.05) is 21.3 Å². The molecule has 5 N–H and O–H groups in total. The second kappa shape index (κ2) is 22.6. The zero-order chi connectivity index (χ0) is 35.2. The van der Waals surface area contributed by atoms with E-state index >= 15 is 0 Å². The van der Waals surface area contributed by atoms with Crippen molar-refractivity contribution in [2.75, 3.05) is 41.7 Å². The van der Waals surface area contributed by atoms with E-state index in [2.05, 4.69) is 0 Å². The third-order valence-corrected chi connectivity index (χ3v) is 7.21. The Morgan fingerprint density at radius 3 is 1.56 bits per heavy atom. The smallest absolute Gasteiger partial charge is 0.857 e. The van der Waals surface area contributed by atoms with E-state index in [1.807, 2.05) is 13.8 Å². The Bertz CT molecular complexity index is 1190. The molecule has 0 aromatic heterocycles. The Balaban J connectivity index is 0. The van der Waals surface area contributed by atoms with Gasteiger partial charge in [0.1, 0.15) is 30.5 Å². The van der Waals surface area contributed by atoms with Gasteiger partial charge in [-0.15, -0.1) is 0 Å². The summed E-state index contributed by atoms with van der Waals surface area (Å²) in [5.41, 5.74) is -0.330. The molecule has 0 saturated carbocycles. The Kier molecular flexibility index (Phi) is 22.7. The number of carbonyl (C=O) groups excluding carboxylic acids is 2. The van der Waals surface area contributed by atoms with Crippen LogP contribution in [0.2, 0.25) is 0 Å². The summed E-state index contributed by atoms with van der Waals surface area (Å²) in [7, 11) is 4.49. The van der Waals surface area contributed by atoms with Gasteiger partial charge in [-0.25, -0.2) is 9.59 Å². The maximum atomic E-state index is 12.6. The molecule has 8 atom stereocenters. The van der Waals surface area contributed by atoms with Crippen molar-refractivity contribution in [2.45, 2.75) is 83.3 Å². The van der Waals surface area contributed by atoms with Crippen LogP contribution in [0.25, 0.3) is 0 Å². The van der Waals surface area contributed by atoms with Crippen molar-refractivity contribution in [3.63, 3.8) is 0 Å². The molecule has 48 heavy (non-hydrogen) atoms. The number of rotatable bonds is 8. The van der Waals surface area contributed by atoms with Crippen molar-refractivity contribution < 1.29 is 98.2 Å². The number of carbonyl (C=O) groups is 2. The molecule has 0 aliphatic carbocycles. The second-order valence-electron chi connectivity index (χ2n) is 10.7. The summed E-state index contributed by atoms with van der Waals surface area (Å²) >= 11 is 0. The Morgan fingerprint density at radius 2 is 1.19 bits per heavy atom. The van der Waals surface area contributed by atoms with Gasteiger partial charge in [0.2, 0.25) is 0 Å². The molecular formula is C33H51NaO14. The third kappa shape index (κ3) is 12.4. The minimum absolute atomic E-state index is 0. The van der Waals surface area contributed by atoms with Gasteiger partial charge in [-0.2, -0.15) is 7.11 Å². The maximum absolute atomic E-state index is 12.6. The fourth-order valence-corrected chi connectivity index (χ4v) is 4.62. The number of benzene rings is 2. The van der Waals surface area contributed by atoms with Crippen LogP contribution < -0.4 is 34.7 Å². The standard InChI is InChI=1S/C23H26O7.C7H14O5.CH4O.CH3O.CH4.Na/c1-14-5-9-16(10-6-14)20(24)28-13-18-19(23(3,26)22(27-4)29-18)30-21(25)17-11-7-15(2)8-12-17;1-7(10)5(9)4(3-8)12-6(7)11-2;2*1-2;;/h5-12,18-19,22,26H,13H2,1-4H3;4-6,8-10H,3H2,1-2H3;2H,1H3;1H3;1H4;/q;;;-1;;+1/t18-,19-,22?,23-;4-,5-,6?,7-;;;;/m11..../s1. The molecule has 15 heteroatoms. The van der Waals surface area contributed by atoms with Crippen LogP contribution in [0.4, 0.5) is 0 Å². The minimum atomic E-state index is -1.63. The van der Waals surface area contributed by atoms with Crippen molar-refractivity contribution in [3.8, 4) is 0 Å². The number of hydrogen-bond acceptors (Lipinski definition) is 14. The number of esters is 2. The number of methoxy groups -OCH3 is 2. The largest absolute Gasteiger partial charge is 1.00 e. The van der Waals surface area contributed by atoms with Crippen LogP contribution in [0.5, 0.6) is 0 Å². The normalized spacial score (nSPS) is 28.4. The quantitative estimate of drug-likeness (QED) is 0.143. The maximum Gasteiger partial charge on any atom is 1.00 e. The molecular weight excluding hydrogens is 643 g/mol. The molecule has 2 unspecified atom stereocenters. The molecule has 0 radical (unpaired) electrons. The molecule has 0 spiro atoms. The van der Waals surface area contributed by atoms with Gasteiger partial charge in [-0.05, 0) is 52.0 Å². The van der Waals surface area contributed by atoms with E-state index < -0.39 is 60.1 Å². The monoisotopic (exact) mass is 694 g/mol. The molecule has 268 valence electrons. The minimum Gasteiger partial charge on any atom is -0.857 e. The SMILES string of the molecule is C.CO.COC1O[C@H](CO)[C@@H](O)[C@@]1(C)O.COC1O[C@H](COC(=O)c2ccc(C)cc2)[C@@H](OC(=O)c2ccc(C)cc2)[C@@]1(C)O.C[O-].[Na+]. The summed E-state index contributed by atoms with van der Waals surface area (Å²) < 4.78 is 31.6. The van der Waals surface area contributed by atoms with Crippen LogP contribution in [-0.2, 0) is 28.4 Å². The van der Waals surface area contributed by atoms with E-state index in [4.69, 9.17) is 43.7 Å². The van der Waals surface area contributed by atoms with Gasteiger partial charge in [-0.3, -0.25) is 0 Å². The molecule has 0 bridgehead atoms. The molecule has 14 nitrogen and oxygen atoms in total. The van der Waals surface area contributed by atoms with E-state index in [0.717, 1.165) is 25.3 Å². The number of aliphatic hydroxyl groups is 5. The fourth-order valence-electron chi connectivity index (χ4n) is 4.62. The van der Waals surface area contributed by atoms with E-state index in [9.17, 15) is 24.9 Å². The first-order chi connectivity index (χ1) is 21.8. The van der Waals surface area contributed by atoms with Crippen molar-refractivity contribution in [3.05, 3.63) is 70.8 Å². The average Bonchev–Trinajstić information content (AvgIpc) is 3.44. The van der Waals surface area contributed by atoms with Crippen molar-refractivity contribution in [1.82, 2.24) is 0 Å². The first kappa shape index (κ1) is 48.1. The van der Waals surface area contributed by atoms with E-state index in [-0.39, 0.29) is 50.2 Å². The molecule has 2 saturated heterocycles. The average molecular weight is 695 g/mol. The predicted octanol–water partition coefficient (Wildman–Crippen LogP) is -2.50. The molecule has 2 aromatic rings. The fraction of sp³-hybridized carbons (Fsp3) is 0.576. The molecule has 2 aliphatic heterocycles.